The molecule has 0 aromatic rings. The van der Waals surface area contributed by atoms with E-state index < -0.39 is 5.97 Å². The number of carboxylic acids is 1. The van der Waals surface area contributed by atoms with E-state index in [1.165, 1.54) is 32.1 Å². The van der Waals surface area contributed by atoms with Crippen LogP contribution in [0.5, 0.6) is 0 Å². The van der Waals surface area contributed by atoms with Crippen LogP contribution in [0.3, 0.4) is 0 Å². The van der Waals surface area contributed by atoms with Crippen molar-refractivity contribution in [2.75, 3.05) is 0 Å². The molecule has 0 unspecified atom stereocenters. The van der Waals surface area contributed by atoms with E-state index in [-0.39, 0.29) is 12.5 Å². The normalized spacial score (nSPS) is 21.9. The number of carbonyl (C=O) groups is 1. The molecule has 1 aliphatic carbocycles. The first-order chi connectivity index (χ1) is 11.6. The maximum Gasteiger partial charge on any atom is 0.303 e. The van der Waals surface area contributed by atoms with Gasteiger partial charge in [-0.25, -0.2) is 0 Å². The number of carboxylic acid groups (broad SMARTS) is 1. The summed E-state index contributed by atoms with van der Waals surface area (Å²) in [4.78, 5) is 10.4. The highest BCUT2D eigenvalue weighted by atomic mass is 16.4. The lowest BCUT2D eigenvalue weighted by molar-refractivity contribution is -0.137. The van der Waals surface area contributed by atoms with Gasteiger partial charge in [-0.1, -0.05) is 56.2 Å². The van der Waals surface area contributed by atoms with Crippen molar-refractivity contribution in [3.63, 3.8) is 0 Å². The number of rotatable bonds is 14. The second kappa shape index (κ2) is 13.0. The van der Waals surface area contributed by atoms with Crippen molar-refractivity contribution in [2.45, 2.75) is 77.2 Å². The minimum atomic E-state index is -0.747. The van der Waals surface area contributed by atoms with E-state index in [2.05, 4.69) is 31.2 Å². The molecular formula is C21H34O3. The third-order valence-corrected chi connectivity index (χ3v) is 4.38. The third kappa shape index (κ3) is 11.2. The smallest absolute Gasteiger partial charge is 0.303 e. The van der Waals surface area contributed by atoms with Gasteiger partial charge >= 0.3 is 5.97 Å². The van der Waals surface area contributed by atoms with Crippen molar-refractivity contribution in [2.24, 2.45) is 11.8 Å². The number of unbranched alkanes of at least 4 members (excludes halogenated alkanes) is 4. The van der Waals surface area contributed by atoms with Crippen molar-refractivity contribution in [3.8, 4) is 0 Å². The molecule has 0 radical (unpaired) electrons. The molecule has 3 heteroatoms. The van der Waals surface area contributed by atoms with Crippen molar-refractivity contribution in [1.82, 2.24) is 0 Å². The molecule has 136 valence electrons. The van der Waals surface area contributed by atoms with Crippen LogP contribution in [0.4, 0.5) is 0 Å². The van der Waals surface area contributed by atoms with Crippen LogP contribution in [0.25, 0.3) is 0 Å². The summed E-state index contributed by atoms with van der Waals surface area (Å²) in [5.41, 5.74) is 0. The van der Waals surface area contributed by atoms with E-state index in [0.717, 1.165) is 6.42 Å². The molecule has 1 saturated carbocycles. The number of hydrogen-bond donors (Lipinski definition) is 2. The Morgan fingerprint density at radius 1 is 1.00 bits per heavy atom. The molecule has 1 fully saturated rings. The molecule has 0 aromatic heterocycles. The average Bonchev–Trinajstić information content (AvgIpc) is 3.28. The fraction of sp³-hybridized carbons (Fsp3) is 0.667. The molecule has 0 bridgehead atoms. The highest BCUT2D eigenvalue weighted by Crippen LogP contribution is 2.41. The summed E-state index contributed by atoms with van der Waals surface area (Å²) in [6.45, 7) is 2.23. The zero-order valence-electron chi connectivity index (χ0n) is 15.1. The van der Waals surface area contributed by atoms with Gasteiger partial charge in [0.2, 0.25) is 0 Å². The molecule has 1 rings (SSSR count). The Labute approximate surface area is 147 Å². The van der Waals surface area contributed by atoms with Gasteiger partial charge in [0.25, 0.3) is 0 Å². The Morgan fingerprint density at radius 3 is 2.38 bits per heavy atom. The molecular weight excluding hydrogens is 300 g/mol. The van der Waals surface area contributed by atoms with Crippen LogP contribution in [0.1, 0.15) is 71.1 Å². The quantitative estimate of drug-likeness (QED) is 0.336. The maximum atomic E-state index is 10.4. The number of aliphatic carboxylic acids is 1. The standard InChI is InChI=1S/C21H34O3/c1-2-3-4-5-8-12-18-17-19(18)13-11-15-20(22)14-9-6-7-10-16-21(23)24/h6,8-9,11-13,18-20,22H,2-5,7,10,14-17H2,1H3,(H,23,24)/b9-6-,12-8-,13-11+/t18-,19-,20-/m1/s1. The number of allylic oxidation sites excluding steroid dienone is 4. The van der Waals surface area contributed by atoms with E-state index in [9.17, 15) is 9.90 Å². The van der Waals surface area contributed by atoms with Gasteiger partial charge in [-0.15, -0.1) is 0 Å². The zero-order valence-corrected chi connectivity index (χ0v) is 15.1. The summed E-state index contributed by atoms with van der Waals surface area (Å²) in [7, 11) is 0. The molecule has 0 heterocycles. The predicted octanol–water partition coefficient (Wildman–Crippen LogP) is 5.27. The topological polar surface area (TPSA) is 57.5 Å². The SMILES string of the molecule is CCCCC/C=C\[C@@H]1C[C@H]1/C=C/C[C@H](O)C/C=C\CCCC(=O)O. The first kappa shape index (κ1) is 20.7. The Kier molecular flexibility index (Phi) is 11.2. The molecule has 0 amide bonds. The van der Waals surface area contributed by atoms with Crippen molar-refractivity contribution >= 4 is 5.97 Å². The monoisotopic (exact) mass is 334 g/mol. The zero-order chi connectivity index (χ0) is 17.6. The Morgan fingerprint density at radius 2 is 1.67 bits per heavy atom. The van der Waals surface area contributed by atoms with Gasteiger partial charge < -0.3 is 10.2 Å². The van der Waals surface area contributed by atoms with Crippen LogP contribution in [0, 0.1) is 11.8 Å². The Hall–Kier alpha value is -1.35. The van der Waals surface area contributed by atoms with Gasteiger partial charge in [0.15, 0.2) is 0 Å². The molecule has 3 atom stereocenters. The minimum Gasteiger partial charge on any atom is -0.481 e. The number of aliphatic hydroxyl groups excluding tert-OH is 1. The predicted molar refractivity (Wildman–Crippen MR) is 99.9 cm³/mol. The van der Waals surface area contributed by atoms with Gasteiger partial charge in [-0.05, 0) is 56.8 Å². The van der Waals surface area contributed by atoms with E-state index in [1.54, 1.807) is 0 Å². The van der Waals surface area contributed by atoms with Crippen molar-refractivity contribution in [1.29, 1.82) is 0 Å². The van der Waals surface area contributed by atoms with E-state index in [4.69, 9.17) is 5.11 Å². The second-order valence-electron chi connectivity index (χ2n) is 6.80. The van der Waals surface area contributed by atoms with E-state index in [0.29, 0.717) is 31.1 Å². The lowest BCUT2D eigenvalue weighted by atomic mass is 10.1. The van der Waals surface area contributed by atoms with Crippen LogP contribution in [0.2, 0.25) is 0 Å². The van der Waals surface area contributed by atoms with E-state index in [1.807, 2.05) is 12.2 Å². The fourth-order valence-corrected chi connectivity index (χ4v) is 2.71. The third-order valence-electron chi connectivity index (χ3n) is 4.38. The second-order valence-corrected chi connectivity index (χ2v) is 6.80. The number of hydrogen-bond acceptors (Lipinski definition) is 2. The van der Waals surface area contributed by atoms with Crippen LogP contribution in [0.15, 0.2) is 36.5 Å². The van der Waals surface area contributed by atoms with Gasteiger partial charge in [0.1, 0.15) is 0 Å². The summed E-state index contributed by atoms with van der Waals surface area (Å²) in [6, 6.07) is 0. The maximum absolute atomic E-state index is 10.4. The van der Waals surface area contributed by atoms with Crippen molar-refractivity contribution in [3.05, 3.63) is 36.5 Å². The van der Waals surface area contributed by atoms with Crippen LogP contribution in [-0.2, 0) is 4.79 Å². The summed E-state index contributed by atoms with van der Waals surface area (Å²) in [5.74, 6) is 0.642. The summed E-state index contributed by atoms with van der Waals surface area (Å²) in [5, 5.41) is 18.4. The van der Waals surface area contributed by atoms with Gasteiger partial charge in [-0.3, -0.25) is 4.79 Å². The highest BCUT2D eigenvalue weighted by Gasteiger charge is 2.31. The lowest BCUT2D eigenvalue weighted by Gasteiger charge is -2.03. The summed E-state index contributed by atoms with van der Waals surface area (Å²) in [6.07, 6.45) is 22.0. The largest absolute Gasteiger partial charge is 0.481 e. The Bertz CT molecular complexity index is 423. The Balaban J connectivity index is 2.02. The van der Waals surface area contributed by atoms with Crippen LogP contribution >= 0.6 is 0 Å². The van der Waals surface area contributed by atoms with Gasteiger partial charge in [0.05, 0.1) is 6.10 Å². The van der Waals surface area contributed by atoms with Crippen LogP contribution < -0.4 is 0 Å². The first-order valence-electron chi connectivity index (χ1n) is 9.51. The summed E-state index contributed by atoms with van der Waals surface area (Å²) < 4.78 is 0. The fourth-order valence-electron chi connectivity index (χ4n) is 2.71. The molecule has 0 spiro atoms. The average molecular weight is 335 g/mol. The highest BCUT2D eigenvalue weighted by molar-refractivity contribution is 5.66. The van der Waals surface area contributed by atoms with Gasteiger partial charge in [-0.2, -0.15) is 0 Å². The van der Waals surface area contributed by atoms with Crippen molar-refractivity contribution < 1.29 is 15.0 Å². The molecule has 2 N–H and O–H groups in total. The minimum absolute atomic E-state index is 0.214. The van der Waals surface area contributed by atoms with Gasteiger partial charge in [0, 0.05) is 6.42 Å². The van der Waals surface area contributed by atoms with E-state index >= 15 is 0 Å². The molecule has 24 heavy (non-hydrogen) atoms. The lowest BCUT2D eigenvalue weighted by Crippen LogP contribution is -2.02. The number of aliphatic hydroxyl groups is 1. The summed E-state index contributed by atoms with van der Waals surface area (Å²) >= 11 is 0. The molecule has 0 aliphatic heterocycles. The molecule has 0 saturated heterocycles. The molecule has 1 aliphatic rings. The van der Waals surface area contributed by atoms with Crippen LogP contribution in [-0.4, -0.2) is 22.3 Å². The molecule has 3 nitrogen and oxygen atoms in total. The first-order valence-corrected chi connectivity index (χ1v) is 9.51. The molecule has 0 aromatic carbocycles.